The number of nitrogens with one attached hydrogen (secondary N) is 1. The van der Waals surface area contributed by atoms with Crippen molar-refractivity contribution in [2.24, 2.45) is 0 Å². The summed E-state index contributed by atoms with van der Waals surface area (Å²) in [5.74, 6) is 1.55. The molecule has 0 amide bonds. The molecule has 1 aromatic carbocycles. The van der Waals surface area contributed by atoms with Crippen molar-refractivity contribution in [1.82, 2.24) is 14.9 Å². The van der Waals surface area contributed by atoms with E-state index in [-0.39, 0.29) is 11.9 Å². The maximum atomic E-state index is 12.8. The molecule has 1 N–H and O–H groups in total. The van der Waals surface area contributed by atoms with Crippen LogP contribution in [-0.4, -0.2) is 48.2 Å². The number of likely N-dealkylation sites (tertiary alicyclic amines) is 1. The van der Waals surface area contributed by atoms with Gasteiger partial charge in [0.2, 0.25) is 0 Å². The first-order valence-electron chi connectivity index (χ1n) is 8.48. The molecule has 1 aliphatic rings. The van der Waals surface area contributed by atoms with Crippen molar-refractivity contribution in [3.8, 4) is 11.5 Å². The van der Waals surface area contributed by atoms with E-state index in [2.05, 4.69) is 20.2 Å². The smallest absolute Gasteiger partial charge is 0.433 e. The number of methoxy groups -OCH3 is 2. The Kier molecular flexibility index (Phi) is 5.69. The number of ether oxygens (including phenoxy) is 2. The zero-order valence-electron chi connectivity index (χ0n) is 15.1. The Bertz CT molecular complexity index is 785. The first kappa shape index (κ1) is 19.2. The molecular formula is C18H21F3N4O2. The maximum Gasteiger partial charge on any atom is 0.433 e. The zero-order valence-corrected chi connectivity index (χ0v) is 15.1. The van der Waals surface area contributed by atoms with E-state index in [1.165, 1.54) is 0 Å². The van der Waals surface area contributed by atoms with Crippen LogP contribution >= 0.6 is 0 Å². The number of nitrogens with zero attached hydrogens (tertiary/aromatic N) is 3. The number of rotatable bonds is 6. The fourth-order valence-electron chi connectivity index (χ4n) is 3.21. The number of benzene rings is 1. The van der Waals surface area contributed by atoms with Gasteiger partial charge in [0.1, 0.15) is 17.8 Å². The Hall–Kier alpha value is -2.55. The maximum absolute atomic E-state index is 12.8. The lowest BCUT2D eigenvalue weighted by Gasteiger charge is -2.19. The van der Waals surface area contributed by atoms with Crippen LogP contribution in [0.25, 0.3) is 0 Å². The van der Waals surface area contributed by atoms with Gasteiger partial charge in [-0.25, -0.2) is 9.97 Å². The van der Waals surface area contributed by atoms with Gasteiger partial charge in [-0.15, -0.1) is 0 Å². The fraction of sp³-hybridized carbons (Fsp3) is 0.444. The third-order valence-electron chi connectivity index (χ3n) is 4.46. The third-order valence-corrected chi connectivity index (χ3v) is 4.46. The summed E-state index contributed by atoms with van der Waals surface area (Å²) in [5.41, 5.74) is 0.0508. The van der Waals surface area contributed by atoms with E-state index in [0.717, 1.165) is 30.9 Å². The molecule has 0 bridgehead atoms. The first-order valence-corrected chi connectivity index (χ1v) is 8.48. The van der Waals surface area contributed by atoms with Crippen molar-refractivity contribution in [2.75, 3.05) is 32.6 Å². The van der Waals surface area contributed by atoms with Crippen LogP contribution in [0.2, 0.25) is 0 Å². The van der Waals surface area contributed by atoms with Gasteiger partial charge in [0.15, 0.2) is 11.5 Å². The van der Waals surface area contributed by atoms with E-state index in [9.17, 15) is 13.2 Å². The van der Waals surface area contributed by atoms with Gasteiger partial charge in [-0.05, 0) is 12.5 Å². The Morgan fingerprint density at radius 1 is 1.22 bits per heavy atom. The Balaban J connectivity index is 1.63. The topological polar surface area (TPSA) is 59.5 Å². The summed E-state index contributed by atoms with van der Waals surface area (Å²) >= 11 is 0. The highest BCUT2D eigenvalue weighted by Gasteiger charge is 2.33. The summed E-state index contributed by atoms with van der Waals surface area (Å²) in [5, 5.41) is 3.07. The number of halogens is 3. The molecule has 0 aliphatic carbocycles. The van der Waals surface area contributed by atoms with Gasteiger partial charge in [-0.1, -0.05) is 12.1 Å². The highest BCUT2D eigenvalue weighted by Crippen LogP contribution is 2.32. The summed E-state index contributed by atoms with van der Waals surface area (Å²) in [6, 6.07) is 6.67. The van der Waals surface area contributed by atoms with E-state index < -0.39 is 11.9 Å². The molecule has 3 rings (SSSR count). The van der Waals surface area contributed by atoms with Crippen molar-refractivity contribution in [3.63, 3.8) is 0 Å². The number of aromatic nitrogens is 2. The molecule has 0 radical (unpaired) electrons. The van der Waals surface area contributed by atoms with Crippen LogP contribution in [0, 0.1) is 0 Å². The number of para-hydroxylation sites is 1. The molecule has 146 valence electrons. The zero-order chi connectivity index (χ0) is 19.4. The highest BCUT2D eigenvalue weighted by molar-refractivity contribution is 5.46. The normalized spacial score (nSPS) is 17.7. The minimum absolute atomic E-state index is 0.0117. The second kappa shape index (κ2) is 7.99. The lowest BCUT2D eigenvalue weighted by atomic mass is 10.1. The van der Waals surface area contributed by atoms with Crippen LogP contribution in [0.4, 0.5) is 19.0 Å². The monoisotopic (exact) mass is 382 g/mol. The van der Waals surface area contributed by atoms with Gasteiger partial charge < -0.3 is 14.8 Å². The summed E-state index contributed by atoms with van der Waals surface area (Å²) in [4.78, 5) is 9.39. The van der Waals surface area contributed by atoms with E-state index in [0.29, 0.717) is 24.6 Å². The second-order valence-corrected chi connectivity index (χ2v) is 6.30. The predicted molar refractivity (Wildman–Crippen MR) is 93.9 cm³/mol. The fourth-order valence-corrected chi connectivity index (χ4v) is 3.21. The Morgan fingerprint density at radius 2 is 2.04 bits per heavy atom. The van der Waals surface area contributed by atoms with Crippen LogP contribution in [0.1, 0.15) is 17.7 Å². The molecule has 0 spiro atoms. The van der Waals surface area contributed by atoms with Gasteiger partial charge in [0.25, 0.3) is 0 Å². The number of alkyl halides is 3. The van der Waals surface area contributed by atoms with Crippen LogP contribution in [0.5, 0.6) is 11.5 Å². The van der Waals surface area contributed by atoms with Gasteiger partial charge in [-0.3, -0.25) is 4.90 Å². The molecule has 0 saturated carbocycles. The molecule has 1 atom stereocenters. The summed E-state index contributed by atoms with van der Waals surface area (Å²) in [7, 11) is 3.19. The molecule has 1 saturated heterocycles. The van der Waals surface area contributed by atoms with Crippen LogP contribution in [0.3, 0.4) is 0 Å². The molecule has 27 heavy (non-hydrogen) atoms. The average molecular weight is 382 g/mol. The van der Waals surface area contributed by atoms with Crippen LogP contribution in [-0.2, 0) is 12.7 Å². The summed E-state index contributed by atoms with van der Waals surface area (Å²) in [6.45, 7) is 2.16. The Labute approximate surface area is 155 Å². The van der Waals surface area contributed by atoms with E-state index in [4.69, 9.17) is 9.47 Å². The van der Waals surface area contributed by atoms with Crippen molar-refractivity contribution in [3.05, 3.63) is 41.9 Å². The van der Waals surface area contributed by atoms with Crippen molar-refractivity contribution in [1.29, 1.82) is 0 Å². The van der Waals surface area contributed by atoms with Gasteiger partial charge >= 0.3 is 6.18 Å². The molecule has 2 aromatic rings. The number of anilines is 1. The van der Waals surface area contributed by atoms with Crippen LogP contribution < -0.4 is 14.8 Å². The molecule has 9 heteroatoms. The largest absolute Gasteiger partial charge is 0.493 e. The summed E-state index contributed by atoms with van der Waals surface area (Å²) in [6.07, 6.45) is -2.75. The lowest BCUT2D eigenvalue weighted by Crippen LogP contribution is -2.26. The average Bonchev–Trinajstić information content (AvgIpc) is 3.07. The molecule has 1 aromatic heterocycles. The molecule has 1 unspecified atom stereocenters. The minimum Gasteiger partial charge on any atom is -0.493 e. The second-order valence-electron chi connectivity index (χ2n) is 6.30. The molecule has 6 nitrogen and oxygen atoms in total. The predicted octanol–water partition coefficient (Wildman–Crippen LogP) is 3.20. The molecule has 2 heterocycles. The SMILES string of the molecule is COc1cccc(CN2CCC(Nc3cc(C(F)(F)F)ncn3)C2)c1OC. The third kappa shape index (κ3) is 4.60. The number of hydrogen-bond donors (Lipinski definition) is 1. The molecular weight excluding hydrogens is 361 g/mol. The number of hydrogen-bond acceptors (Lipinski definition) is 6. The lowest BCUT2D eigenvalue weighted by molar-refractivity contribution is -0.141. The van der Waals surface area contributed by atoms with E-state index in [1.807, 2.05) is 18.2 Å². The van der Waals surface area contributed by atoms with Gasteiger partial charge in [0, 0.05) is 37.3 Å². The van der Waals surface area contributed by atoms with E-state index in [1.54, 1.807) is 14.2 Å². The van der Waals surface area contributed by atoms with Crippen molar-refractivity contribution in [2.45, 2.75) is 25.2 Å². The molecule has 1 aliphatic heterocycles. The van der Waals surface area contributed by atoms with Crippen molar-refractivity contribution < 1.29 is 22.6 Å². The van der Waals surface area contributed by atoms with Crippen LogP contribution in [0.15, 0.2) is 30.6 Å². The standard InChI is InChI=1S/C18H21F3N4O2/c1-26-14-5-3-4-12(17(14)27-2)9-25-7-6-13(10-25)24-16-8-15(18(19,20)21)22-11-23-16/h3-5,8,11,13H,6-7,9-10H2,1-2H3,(H,22,23,24). The molecule has 1 fully saturated rings. The van der Waals surface area contributed by atoms with Gasteiger partial charge in [0.05, 0.1) is 14.2 Å². The highest BCUT2D eigenvalue weighted by atomic mass is 19.4. The quantitative estimate of drug-likeness (QED) is 0.828. The van der Waals surface area contributed by atoms with E-state index >= 15 is 0 Å². The van der Waals surface area contributed by atoms with Gasteiger partial charge in [-0.2, -0.15) is 13.2 Å². The first-order chi connectivity index (χ1) is 12.9. The van der Waals surface area contributed by atoms with Crippen molar-refractivity contribution >= 4 is 5.82 Å². The summed E-state index contributed by atoms with van der Waals surface area (Å²) < 4.78 is 49.1. The Morgan fingerprint density at radius 3 is 2.74 bits per heavy atom. The minimum atomic E-state index is -4.48.